The Morgan fingerprint density at radius 1 is 1.00 bits per heavy atom. The van der Waals surface area contributed by atoms with Gasteiger partial charge in [-0.2, -0.15) is 0 Å². The molecule has 2 aromatic rings. The number of amides is 4. The van der Waals surface area contributed by atoms with E-state index in [1.807, 2.05) is 47.1 Å². The summed E-state index contributed by atoms with van der Waals surface area (Å²) in [6, 6.07) is 10.2. The molecular weight excluding hydrogens is 572 g/mol. The van der Waals surface area contributed by atoms with Crippen LogP contribution in [0.1, 0.15) is 43.8 Å². The zero-order chi connectivity index (χ0) is 31.3. The number of para-hydroxylation sites is 1. The smallest absolute Gasteiger partial charge is 0.410 e. The number of nitrogen functional groups attached to an aromatic ring is 1. The molecular formula is C33H48N8O4. The number of ether oxygens (including phenoxy) is 1. The van der Waals surface area contributed by atoms with Gasteiger partial charge in [0.2, 0.25) is 0 Å². The van der Waals surface area contributed by atoms with Crippen LogP contribution < -0.4 is 16.4 Å². The number of aromatic nitrogens is 1. The van der Waals surface area contributed by atoms with Crippen molar-refractivity contribution in [3.05, 3.63) is 53.2 Å². The van der Waals surface area contributed by atoms with Crippen molar-refractivity contribution in [2.75, 3.05) is 70.0 Å². The molecule has 3 saturated heterocycles. The molecule has 6 rings (SSSR count). The van der Waals surface area contributed by atoms with Crippen LogP contribution in [0.4, 0.5) is 21.1 Å². The van der Waals surface area contributed by atoms with Crippen molar-refractivity contribution in [1.82, 2.24) is 29.9 Å². The molecule has 0 saturated carbocycles. The van der Waals surface area contributed by atoms with E-state index in [-0.39, 0.29) is 25.8 Å². The Labute approximate surface area is 266 Å². The number of aryl methyl sites for hydroxylation is 1. The van der Waals surface area contributed by atoms with Crippen LogP contribution in [-0.2, 0) is 22.4 Å². The van der Waals surface area contributed by atoms with Crippen LogP contribution in [0.5, 0.6) is 0 Å². The highest BCUT2D eigenvalue weighted by molar-refractivity contribution is 5.91. The number of anilines is 2. The first-order chi connectivity index (χ1) is 21.9. The second-order valence-corrected chi connectivity index (χ2v) is 12.7. The summed E-state index contributed by atoms with van der Waals surface area (Å²) in [5.74, 6) is 0.283. The van der Waals surface area contributed by atoms with E-state index >= 15 is 0 Å². The second kappa shape index (κ2) is 14.0. The van der Waals surface area contributed by atoms with Crippen LogP contribution in [0, 0.1) is 6.92 Å². The van der Waals surface area contributed by atoms with Gasteiger partial charge in [-0.3, -0.25) is 9.69 Å². The third kappa shape index (κ3) is 7.33. The van der Waals surface area contributed by atoms with Crippen molar-refractivity contribution < 1.29 is 20.5 Å². The van der Waals surface area contributed by atoms with E-state index < -0.39 is 12.2 Å². The van der Waals surface area contributed by atoms with E-state index in [2.05, 4.69) is 20.5 Å². The summed E-state index contributed by atoms with van der Waals surface area (Å²) >= 11 is 0. The van der Waals surface area contributed by atoms with Crippen LogP contribution in [0.25, 0.3) is 0 Å². The van der Waals surface area contributed by atoms with Crippen molar-refractivity contribution in [3.8, 4) is 0 Å². The van der Waals surface area contributed by atoms with Crippen LogP contribution in [-0.4, -0.2) is 120 Å². The minimum atomic E-state index is -0.953. The third-order valence-electron chi connectivity index (χ3n) is 9.86. The lowest BCUT2D eigenvalue weighted by molar-refractivity contribution is -0.142. The average molecular weight is 621 g/mol. The topological polar surface area (TPSA) is 136 Å². The van der Waals surface area contributed by atoms with E-state index in [0.29, 0.717) is 57.4 Å². The van der Waals surface area contributed by atoms with Gasteiger partial charge in [0, 0.05) is 90.7 Å². The maximum Gasteiger partial charge on any atom is 0.410 e. The van der Waals surface area contributed by atoms with E-state index in [9.17, 15) is 14.4 Å². The zero-order valence-electron chi connectivity index (χ0n) is 26.2. The summed E-state index contributed by atoms with van der Waals surface area (Å²) in [6.45, 7) is 8.80. The third-order valence-corrected chi connectivity index (χ3v) is 9.86. The Kier molecular flexibility index (Phi) is 9.70. The minimum Gasteiger partial charge on any atom is -0.436 e. The highest BCUT2D eigenvalue weighted by atomic mass is 16.6. The Balaban J connectivity index is 0.00000417. The van der Waals surface area contributed by atoms with Gasteiger partial charge in [0.25, 0.3) is 5.91 Å². The lowest BCUT2D eigenvalue weighted by atomic mass is 10.0. The fourth-order valence-corrected chi connectivity index (χ4v) is 7.15. The molecule has 4 N–H and O–H groups in total. The molecule has 0 unspecified atom stereocenters. The number of nitrogens with two attached hydrogens (primary N) is 1. The maximum atomic E-state index is 13.9. The second-order valence-electron chi connectivity index (χ2n) is 12.7. The summed E-state index contributed by atoms with van der Waals surface area (Å²) in [4.78, 5) is 52.7. The van der Waals surface area contributed by atoms with Crippen molar-refractivity contribution in [2.45, 2.75) is 63.6 Å². The van der Waals surface area contributed by atoms with Crippen LogP contribution in [0.3, 0.4) is 0 Å². The predicted molar refractivity (Wildman–Crippen MR) is 174 cm³/mol. The van der Waals surface area contributed by atoms with Gasteiger partial charge in [-0.25, -0.2) is 14.6 Å². The number of piperidine rings is 2. The number of hydrogen-bond donors (Lipinski definition) is 3. The van der Waals surface area contributed by atoms with Crippen molar-refractivity contribution in [2.24, 2.45) is 0 Å². The summed E-state index contributed by atoms with van der Waals surface area (Å²) in [7, 11) is 0. The van der Waals surface area contributed by atoms with E-state index in [1.165, 1.54) is 0 Å². The normalized spacial score (nSPS) is 21.1. The quantitative estimate of drug-likeness (QED) is 0.449. The first kappa shape index (κ1) is 31.1. The number of likely N-dealkylation sites (tertiary alicyclic amines) is 2. The number of fused-ring (bicyclic) bond motifs is 1. The molecule has 0 bridgehead atoms. The highest BCUT2D eigenvalue weighted by Gasteiger charge is 2.36. The SMILES string of the molecule is Cc1cc(C[C@@H](OC(=O)N2CCC(N3CCc4ccccc4NC3=O)CC2)C(=O)N2CCC(N3CCNCC3)CC2)cnc1N.[HH]. The van der Waals surface area contributed by atoms with Crippen molar-refractivity contribution in [1.29, 1.82) is 0 Å². The Bertz CT molecular complexity index is 1370. The number of urea groups is 1. The molecule has 0 spiro atoms. The number of piperazine rings is 1. The maximum absolute atomic E-state index is 13.9. The molecule has 1 aromatic carbocycles. The Morgan fingerprint density at radius 3 is 2.42 bits per heavy atom. The minimum absolute atomic E-state index is 0. The van der Waals surface area contributed by atoms with Gasteiger partial charge in [0.15, 0.2) is 6.10 Å². The lowest BCUT2D eigenvalue weighted by Gasteiger charge is -2.41. The van der Waals surface area contributed by atoms with Gasteiger partial charge in [0.1, 0.15) is 5.82 Å². The summed E-state index contributed by atoms with van der Waals surface area (Å²) in [5, 5.41) is 6.45. The van der Waals surface area contributed by atoms with Gasteiger partial charge in [0.05, 0.1) is 0 Å². The monoisotopic (exact) mass is 620 g/mol. The van der Waals surface area contributed by atoms with Gasteiger partial charge >= 0.3 is 12.1 Å². The molecule has 0 radical (unpaired) electrons. The molecule has 244 valence electrons. The van der Waals surface area contributed by atoms with Gasteiger partial charge in [-0.1, -0.05) is 24.3 Å². The number of carbonyl (C=O) groups is 3. The Hall–Kier alpha value is -3.90. The number of rotatable bonds is 6. The molecule has 1 aromatic heterocycles. The van der Waals surface area contributed by atoms with Crippen molar-refractivity contribution >= 4 is 29.5 Å². The fraction of sp³-hybridized carbons (Fsp3) is 0.576. The van der Waals surface area contributed by atoms with Crippen LogP contribution >= 0.6 is 0 Å². The number of nitrogens with one attached hydrogen (secondary N) is 2. The number of carbonyl (C=O) groups excluding carboxylic acids is 3. The largest absolute Gasteiger partial charge is 0.436 e. The molecule has 4 aliphatic rings. The lowest BCUT2D eigenvalue weighted by Crippen LogP contribution is -2.54. The molecule has 45 heavy (non-hydrogen) atoms. The molecule has 4 aliphatic heterocycles. The van der Waals surface area contributed by atoms with E-state index in [1.54, 1.807) is 11.1 Å². The standard InChI is InChI=1S/C33H46N8O4.H2/c1-23-20-24(22-36-30(23)34)21-29(31(42)39-13-7-26(8-14-39)38-18-11-35-12-19-38)45-33(44)40-15-9-27(10-16-40)41-17-6-25-4-2-3-5-28(25)37-32(41)43;/h2-5,20,22,26-27,29,35H,6-19,21H2,1H3,(H2,34,36)(H,37,43);1H/t29-;/m1./s1. The zero-order valence-corrected chi connectivity index (χ0v) is 26.2. The molecule has 1 atom stereocenters. The Morgan fingerprint density at radius 2 is 1.69 bits per heavy atom. The molecule has 5 heterocycles. The molecule has 3 fully saturated rings. The van der Waals surface area contributed by atoms with Crippen LogP contribution in [0.15, 0.2) is 36.5 Å². The van der Waals surface area contributed by atoms with Crippen LogP contribution in [0.2, 0.25) is 0 Å². The number of nitrogens with zero attached hydrogens (tertiary/aromatic N) is 5. The predicted octanol–water partition coefficient (Wildman–Crippen LogP) is 2.72. The average Bonchev–Trinajstić information content (AvgIpc) is 3.24. The molecule has 0 aliphatic carbocycles. The summed E-state index contributed by atoms with van der Waals surface area (Å²) in [5.41, 5.74) is 9.56. The fourth-order valence-electron chi connectivity index (χ4n) is 7.15. The molecule has 12 heteroatoms. The van der Waals surface area contributed by atoms with Gasteiger partial charge < -0.3 is 35.8 Å². The number of benzene rings is 1. The van der Waals surface area contributed by atoms with Crippen molar-refractivity contribution in [3.63, 3.8) is 0 Å². The van der Waals surface area contributed by atoms with E-state index in [0.717, 1.165) is 67.8 Å². The summed E-state index contributed by atoms with van der Waals surface area (Å²) < 4.78 is 6.01. The summed E-state index contributed by atoms with van der Waals surface area (Å²) in [6.07, 6.45) is 4.36. The highest BCUT2D eigenvalue weighted by Crippen LogP contribution is 2.26. The number of hydrogen-bond acceptors (Lipinski definition) is 8. The van der Waals surface area contributed by atoms with Gasteiger partial charge in [-0.05, 0) is 61.8 Å². The molecule has 12 nitrogen and oxygen atoms in total. The van der Waals surface area contributed by atoms with Gasteiger partial charge in [-0.15, -0.1) is 0 Å². The molecule has 4 amide bonds. The number of pyridine rings is 1. The van der Waals surface area contributed by atoms with E-state index in [4.69, 9.17) is 10.5 Å². The first-order valence-corrected chi connectivity index (χ1v) is 16.4. The first-order valence-electron chi connectivity index (χ1n) is 16.4.